The summed E-state index contributed by atoms with van der Waals surface area (Å²) in [5, 5.41) is 0.506. The molecule has 0 radical (unpaired) electrons. The third-order valence-corrected chi connectivity index (χ3v) is 3.59. The van der Waals surface area contributed by atoms with Gasteiger partial charge in [0.2, 0.25) is 0 Å². The lowest BCUT2D eigenvalue weighted by Gasteiger charge is -2.11. The summed E-state index contributed by atoms with van der Waals surface area (Å²) in [6.45, 7) is 1.92. The maximum atomic E-state index is 13.1. The first-order valence-electron chi connectivity index (χ1n) is 5.24. The summed E-state index contributed by atoms with van der Waals surface area (Å²) in [5.41, 5.74) is 7.97. The van der Waals surface area contributed by atoms with Crippen molar-refractivity contribution in [3.63, 3.8) is 0 Å². The number of benzene rings is 1. The Morgan fingerprint density at radius 2 is 2.13 bits per heavy atom. The van der Waals surface area contributed by atoms with Crippen molar-refractivity contribution < 1.29 is 4.39 Å². The topological polar surface area (TPSA) is 26.0 Å². The fourth-order valence-corrected chi connectivity index (χ4v) is 1.98. The average molecular weight is 228 g/mol. The van der Waals surface area contributed by atoms with Crippen LogP contribution in [0, 0.1) is 12.7 Å². The Bertz CT molecular complexity index is 385. The molecule has 1 saturated carbocycles. The van der Waals surface area contributed by atoms with E-state index in [1.54, 1.807) is 6.07 Å². The molecule has 0 aromatic heterocycles. The summed E-state index contributed by atoms with van der Waals surface area (Å²) in [5.74, 6) is -0.262. The molecule has 1 aromatic carbocycles. The molecular weight excluding hydrogens is 213 g/mol. The minimum absolute atomic E-state index is 0.0191. The van der Waals surface area contributed by atoms with Crippen LogP contribution in [0.5, 0.6) is 0 Å². The van der Waals surface area contributed by atoms with Gasteiger partial charge in [-0.15, -0.1) is 0 Å². The highest BCUT2D eigenvalue weighted by molar-refractivity contribution is 6.31. The molecule has 1 aromatic rings. The van der Waals surface area contributed by atoms with Crippen LogP contribution < -0.4 is 5.73 Å². The minimum Gasteiger partial charge on any atom is -0.325 e. The van der Waals surface area contributed by atoms with E-state index in [0.29, 0.717) is 5.02 Å². The SMILES string of the molecule is Cc1c(Cl)cc(F)cc1CCC1(N)CC1. The average Bonchev–Trinajstić information content (AvgIpc) is 2.88. The van der Waals surface area contributed by atoms with Crippen molar-refractivity contribution >= 4 is 11.6 Å². The van der Waals surface area contributed by atoms with Gasteiger partial charge in [0.15, 0.2) is 0 Å². The van der Waals surface area contributed by atoms with Crippen LogP contribution in [0.1, 0.15) is 30.4 Å². The van der Waals surface area contributed by atoms with Crippen LogP contribution in [0.15, 0.2) is 12.1 Å². The fraction of sp³-hybridized carbons (Fsp3) is 0.500. The molecular formula is C12H15ClFN. The number of nitrogens with two attached hydrogens (primary N) is 1. The summed E-state index contributed by atoms with van der Waals surface area (Å²) in [7, 11) is 0. The second-order valence-electron chi connectivity index (χ2n) is 4.53. The van der Waals surface area contributed by atoms with Crippen LogP contribution >= 0.6 is 11.6 Å². The predicted molar refractivity (Wildman–Crippen MR) is 60.6 cm³/mol. The van der Waals surface area contributed by atoms with Crippen LogP contribution in [0.2, 0.25) is 5.02 Å². The highest BCUT2D eigenvalue weighted by Gasteiger charge is 2.37. The molecule has 1 fully saturated rings. The third kappa shape index (κ3) is 2.50. The summed E-state index contributed by atoms with van der Waals surface area (Å²) in [4.78, 5) is 0. The normalized spacial score (nSPS) is 17.9. The zero-order valence-electron chi connectivity index (χ0n) is 8.82. The monoisotopic (exact) mass is 227 g/mol. The molecule has 2 rings (SSSR count). The first-order chi connectivity index (χ1) is 7.00. The number of halogens is 2. The van der Waals surface area contributed by atoms with Crippen LogP contribution in [-0.2, 0) is 6.42 Å². The van der Waals surface area contributed by atoms with Gasteiger partial charge in [-0.05, 0) is 55.9 Å². The van der Waals surface area contributed by atoms with Gasteiger partial charge in [0, 0.05) is 10.6 Å². The summed E-state index contributed by atoms with van der Waals surface area (Å²) in [6.07, 6.45) is 3.93. The van der Waals surface area contributed by atoms with Gasteiger partial charge in [0.25, 0.3) is 0 Å². The maximum Gasteiger partial charge on any atom is 0.124 e. The number of hydrogen-bond acceptors (Lipinski definition) is 1. The molecule has 0 atom stereocenters. The standard InChI is InChI=1S/C12H15ClFN/c1-8-9(2-3-12(15)4-5-12)6-10(14)7-11(8)13/h6-7H,2-5,15H2,1H3. The van der Waals surface area contributed by atoms with Gasteiger partial charge >= 0.3 is 0 Å². The van der Waals surface area contributed by atoms with Crippen molar-refractivity contribution in [2.24, 2.45) is 5.73 Å². The molecule has 0 spiro atoms. The molecule has 3 heteroatoms. The zero-order valence-corrected chi connectivity index (χ0v) is 9.57. The molecule has 1 aliphatic rings. The van der Waals surface area contributed by atoms with E-state index in [1.165, 1.54) is 6.07 Å². The molecule has 0 saturated heterocycles. The van der Waals surface area contributed by atoms with Crippen molar-refractivity contribution in [1.29, 1.82) is 0 Å². The van der Waals surface area contributed by atoms with E-state index >= 15 is 0 Å². The lowest BCUT2D eigenvalue weighted by Crippen LogP contribution is -2.22. The Hall–Kier alpha value is -0.600. The Kier molecular flexibility index (Phi) is 2.73. The lowest BCUT2D eigenvalue weighted by atomic mass is 10.00. The molecule has 0 unspecified atom stereocenters. The van der Waals surface area contributed by atoms with Gasteiger partial charge < -0.3 is 5.73 Å². The number of hydrogen-bond donors (Lipinski definition) is 1. The van der Waals surface area contributed by atoms with E-state index < -0.39 is 0 Å². The van der Waals surface area contributed by atoms with E-state index in [-0.39, 0.29) is 11.4 Å². The van der Waals surface area contributed by atoms with Gasteiger partial charge in [0.1, 0.15) is 5.82 Å². The molecule has 1 aliphatic carbocycles. The van der Waals surface area contributed by atoms with Crippen molar-refractivity contribution in [2.75, 3.05) is 0 Å². The Balaban J connectivity index is 2.13. The first kappa shape index (κ1) is 10.9. The highest BCUT2D eigenvalue weighted by atomic mass is 35.5. The Morgan fingerprint density at radius 3 is 2.73 bits per heavy atom. The molecule has 1 nitrogen and oxygen atoms in total. The van der Waals surface area contributed by atoms with Gasteiger partial charge in [0.05, 0.1) is 0 Å². The largest absolute Gasteiger partial charge is 0.325 e. The third-order valence-electron chi connectivity index (χ3n) is 3.20. The van der Waals surface area contributed by atoms with Crippen LogP contribution in [0.3, 0.4) is 0 Å². The molecule has 82 valence electrons. The van der Waals surface area contributed by atoms with E-state index in [2.05, 4.69) is 0 Å². The molecule has 0 aliphatic heterocycles. The van der Waals surface area contributed by atoms with Gasteiger partial charge in [-0.2, -0.15) is 0 Å². The van der Waals surface area contributed by atoms with Crippen LogP contribution in [0.4, 0.5) is 4.39 Å². The second kappa shape index (κ2) is 3.76. The van der Waals surface area contributed by atoms with E-state index in [1.807, 2.05) is 6.92 Å². The lowest BCUT2D eigenvalue weighted by molar-refractivity contribution is 0.598. The summed E-state index contributed by atoms with van der Waals surface area (Å²) < 4.78 is 13.1. The quantitative estimate of drug-likeness (QED) is 0.843. The zero-order chi connectivity index (χ0) is 11.1. The molecule has 0 amide bonds. The van der Waals surface area contributed by atoms with Crippen molar-refractivity contribution in [1.82, 2.24) is 0 Å². The molecule has 15 heavy (non-hydrogen) atoms. The maximum absolute atomic E-state index is 13.1. The predicted octanol–water partition coefficient (Wildman–Crippen LogP) is 3.21. The molecule has 0 bridgehead atoms. The van der Waals surface area contributed by atoms with Gasteiger partial charge in [-0.1, -0.05) is 11.6 Å². The van der Waals surface area contributed by atoms with Crippen LogP contribution in [0.25, 0.3) is 0 Å². The van der Waals surface area contributed by atoms with E-state index in [0.717, 1.165) is 36.8 Å². The van der Waals surface area contributed by atoms with Crippen molar-refractivity contribution in [2.45, 2.75) is 38.1 Å². The smallest absolute Gasteiger partial charge is 0.124 e. The minimum atomic E-state index is -0.262. The van der Waals surface area contributed by atoms with Gasteiger partial charge in [-0.3, -0.25) is 0 Å². The van der Waals surface area contributed by atoms with Crippen molar-refractivity contribution in [3.05, 3.63) is 34.1 Å². The molecule has 0 heterocycles. The van der Waals surface area contributed by atoms with E-state index in [9.17, 15) is 4.39 Å². The van der Waals surface area contributed by atoms with Crippen molar-refractivity contribution in [3.8, 4) is 0 Å². The van der Waals surface area contributed by atoms with E-state index in [4.69, 9.17) is 17.3 Å². The summed E-state index contributed by atoms with van der Waals surface area (Å²) >= 11 is 5.91. The highest BCUT2D eigenvalue weighted by Crippen LogP contribution is 2.37. The molecule has 2 N–H and O–H groups in total. The Labute approximate surface area is 94.4 Å². The van der Waals surface area contributed by atoms with Gasteiger partial charge in [-0.25, -0.2) is 4.39 Å². The second-order valence-corrected chi connectivity index (χ2v) is 4.94. The number of rotatable bonds is 3. The Morgan fingerprint density at radius 1 is 1.47 bits per heavy atom. The first-order valence-corrected chi connectivity index (χ1v) is 5.61. The fourth-order valence-electron chi connectivity index (χ4n) is 1.75. The number of aryl methyl sites for hydroxylation is 1. The van der Waals surface area contributed by atoms with Crippen LogP contribution in [-0.4, -0.2) is 5.54 Å². The summed E-state index contributed by atoms with van der Waals surface area (Å²) in [6, 6.07) is 2.92.